The number of aromatic nitrogens is 3. The minimum atomic E-state index is 0.109. The van der Waals surface area contributed by atoms with Gasteiger partial charge in [0.1, 0.15) is 5.69 Å². The zero-order valence-corrected chi connectivity index (χ0v) is 17.3. The van der Waals surface area contributed by atoms with Crippen molar-refractivity contribution in [3.63, 3.8) is 0 Å². The Balaban J connectivity index is 1.44. The molecule has 1 saturated carbocycles. The van der Waals surface area contributed by atoms with E-state index in [-0.39, 0.29) is 5.91 Å². The molecule has 0 N–H and O–H groups in total. The number of carbonyl (C=O) groups is 1. The monoisotopic (exact) mass is 400 g/mol. The van der Waals surface area contributed by atoms with Crippen LogP contribution in [0.25, 0.3) is 11.3 Å². The van der Waals surface area contributed by atoms with Crippen molar-refractivity contribution in [2.24, 2.45) is 11.8 Å². The standard InChI is InChI=1S/C25H28N4O/c30-25(28-14-12-20-9-4-5-10-22(20)17-28)23-18-29(16-19-7-2-1-3-8-19)27-24(23)21-11-6-13-26-15-21/h1-3,6-8,11,13,15,18,20,22H,4-5,9-10,12,14,16-17H2/t20-,22-/m0/s1. The van der Waals surface area contributed by atoms with Gasteiger partial charge in [-0.2, -0.15) is 5.10 Å². The molecule has 154 valence electrons. The molecule has 1 aromatic carbocycles. The van der Waals surface area contributed by atoms with E-state index in [1.165, 1.54) is 31.2 Å². The van der Waals surface area contributed by atoms with Crippen LogP contribution < -0.4 is 0 Å². The van der Waals surface area contributed by atoms with Gasteiger partial charge in [-0.3, -0.25) is 14.5 Å². The van der Waals surface area contributed by atoms with Crippen molar-refractivity contribution in [2.45, 2.75) is 38.6 Å². The number of pyridine rings is 1. The molecular formula is C25H28N4O. The van der Waals surface area contributed by atoms with Crippen LogP contribution in [-0.2, 0) is 6.54 Å². The Morgan fingerprint density at radius 2 is 1.83 bits per heavy atom. The van der Waals surface area contributed by atoms with Gasteiger partial charge in [-0.15, -0.1) is 0 Å². The van der Waals surface area contributed by atoms with E-state index in [2.05, 4.69) is 22.0 Å². The van der Waals surface area contributed by atoms with Crippen LogP contribution in [-0.4, -0.2) is 38.7 Å². The minimum Gasteiger partial charge on any atom is -0.338 e. The maximum absolute atomic E-state index is 13.6. The molecule has 2 atom stereocenters. The van der Waals surface area contributed by atoms with Gasteiger partial charge in [0, 0.05) is 37.2 Å². The average molecular weight is 401 g/mol. The lowest BCUT2D eigenvalue weighted by Crippen LogP contribution is -2.44. The highest BCUT2D eigenvalue weighted by atomic mass is 16.2. The van der Waals surface area contributed by atoms with Gasteiger partial charge in [-0.05, 0) is 42.4 Å². The predicted molar refractivity (Wildman–Crippen MR) is 117 cm³/mol. The lowest BCUT2D eigenvalue weighted by molar-refractivity contribution is 0.0521. The highest BCUT2D eigenvalue weighted by Crippen LogP contribution is 2.37. The molecule has 1 saturated heterocycles. The van der Waals surface area contributed by atoms with Gasteiger partial charge >= 0.3 is 0 Å². The molecule has 30 heavy (non-hydrogen) atoms. The van der Waals surface area contributed by atoms with Crippen molar-refractivity contribution in [3.05, 3.63) is 72.2 Å². The van der Waals surface area contributed by atoms with Crippen molar-refractivity contribution < 1.29 is 4.79 Å². The van der Waals surface area contributed by atoms with Crippen molar-refractivity contribution in [3.8, 4) is 11.3 Å². The molecule has 1 amide bonds. The summed E-state index contributed by atoms with van der Waals surface area (Å²) < 4.78 is 1.89. The van der Waals surface area contributed by atoms with E-state index in [1.54, 1.807) is 12.4 Å². The van der Waals surface area contributed by atoms with E-state index < -0.39 is 0 Å². The molecule has 2 aromatic heterocycles. The van der Waals surface area contributed by atoms with E-state index >= 15 is 0 Å². The summed E-state index contributed by atoms with van der Waals surface area (Å²) in [4.78, 5) is 19.9. The minimum absolute atomic E-state index is 0.109. The molecule has 0 unspecified atom stereocenters. The second-order valence-corrected chi connectivity index (χ2v) is 8.66. The normalized spacial score (nSPS) is 21.3. The third-order valence-electron chi connectivity index (χ3n) is 6.69. The molecule has 0 radical (unpaired) electrons. The lowest BCUT2D eigenvalue weighted by Gasteiger charge is -2.41. The first-order valence-corrected chi connectivity index (χ1v) is 11.1. The van der Waals surface area contributed by atoms with Crippen molar-refractivity contribution in [1.82, 2.24) is 19.7 Å². The summed E-state index contributed by atoms with van der Waals surface area (Å²) in [7, 11) is 0. The van der Waals surface area contributed by atoms with Crippen LogP contribution in [0.4, 0.5) is 0 Å². The number of hydrogen-bond acceptors (Lipinski definition) is 3. The van der Waals surface area contributed by atoms with Crippen LogP contribution >= 0.6 is 0 Å². The molecular weight excluding hydrogens is 372 g/mol. The average Bonchev–Trinajstić information content (AvgIpc) is 3.23. The SMILES string of the molecule is O=C(c1cn(Cc2ccccc2)nc1-c1cccnc1)N1CC[C@@H]2CCCC[C@H]2C1. The summed E-state index contributed by atoms with van der Waals surface area (Å²) in [6.45, 7) is 2.39. The topological polar surface area (TPSA) is 51.0 Å². The van der Waals surface area contributed by atoms with Crippen molar-refractivity contribution in [2.75, 3.05) is 13.1 Å². The Labute approximate surface area is 177 Å². The summed E-state index contributed by atoms with van der Waals surface area (Å²) in [5.41, 5.74) is 3.47. The molecule has 2 aliphatic rings. The number of nitrogens with zero attached hydrogens (tertiary/aromatic N) is 4. The first-order chi connectivity index (χ1) is 14.8. The van der Waals surface area contributed by atoms with E-state index in [0.717, 1.165) is 36.7 Å². The van der Waals surface area contributed by atoms with Gasteiger partial charge in [-0.1, -0.05) is 49.6 Å². The molecule has 5 heteroatoms. The highest BCUT2D eigenvalue weighted by molar-refractivity contribution is 5.99. The summed E-state index contributed by atoms with van der Waals surface area (Å²) in [6, 6.07) is 14.1. The molecule has 0 spiro atoms. The van der Waals surface area contributed by atoms with E-state index in [4.69, 9.17) is 5.10 Å². The second kappa shape index (κ2) is 8.42. The number of carbonyl (C=O) groups excluding carboxylic acids is 1. The first kappa shape index (κ1) is 19.0. The van der Waals surface area contributed by atoms with Gasteiger partial charge in [0.25, 0.3) is 5.91 Å². The third kappa shape index (κ3) is 3.89. The number of benzene rings is 1. The number of piperidine rings is 1. The van der Waals surface area contributed by atoms with Gasteiger partial charge in [-0.25, -0.2) is 0 Å². The number of amides is 1. The van der Waals surface area contributed by atoms with Crippen LogP contribution in [0.3, 0.4) is 0 Å². The van der Waals surface area contributed by atoms with Crippen molar-refractivity contribution in [1.29, 1.82) is 0 Å². The number of hydrogen-bond donors (Lipinski definition) is 0. The molecule has 0 bridgehead atoms. The predicted octanol–water partition coefficient (Wildman–Crippen LogP) is 4.65. The van der Waals surface area contributed by atoms with Crippen LogP contribution in [0.5, 0.6) is 0 Å². The Kier molecular flexibility index (Phi) is 5.35. The number of likely N-dealkylation sites (tertiary alicyclic amines) is 1. The fourth-order valence-electron chi connectivity index (χ4n) is 5.10. The van der Waals surface area contributed by atoms with E-state index in [0.29, 0.717) is 18.0 Å². The Hall–Kier alpha value is -2.95. The summed E-state index contributed by atoms with van der Waals surface area (Å²) in [5.74, 6) is 1.58. The summed E-state index contributed by atoms with van der Waals surface area (Å²) in [6.07, 6.45) is 11.9. The molecule has 5 rings (SSSR count). The van der Waals surface area contributed by atoms with Crippen LogP contribution in [0.15, 0.2) is 61.1 Å². The Bertz CT molecular complexity index is 999. The fourth-order valence-corrected chi connectivity index (χ4v) is 5.10. The van der Waals surface area contributed by atoms with Gasteiger partial charge in [0.2, 0.25) is 0 Å². The highest BCUT2D eigenvalue weighted by Gasteiger charge is 2.34. The Morgan fingerprint density at radius 1 is 1.00 bits per heavy atom. The fraction of sp³-hybridized carbons (Fsp3) is 0.400. The molecule has 1 aliphatic carbocycles. The second-order valence-electron chi connectivity index (χ2n) is 8.66. The van der Waals surface area contributed by atoms with Crippen LogP contribution in [0.1, 0.15) is 48.0 Å². The zero-order valence-electron chi connectivity index (χ0n) is 17.3. The quantitative estimate of drug-likeness (QED) is 0.641. The smallest absolute Gasteiger partial charge is 0.257 e. The van der Waals surface area contributed by atoms with Gasteiger partial charge in [0.15, 0.2) is 0 Å². The molecule has 5 nitrogen and oxygen atoms in total. The first-order valence-electron chi connectivity index (χ1n) is 11.1. The maximum atomic E-state index is 13.6. The Morgan fingerprint density at radius 3 is 2.63 bits per heavy atom. The summed E-state index contributed by atoms with van der Waals surface area (Å²) in [5, 5.41) is 4.80. The third-order valence-corrected chi connectivity index (χ3v) is 6.69. The lowest BCUT2D eigenvalue weighted by atomic mass is 9.75. The van der Waals surface area contributed by atoms with Crippen molar-refractivity contribution >= 4 is 5.91 Å². The van der Waals surface area contributed by atoms with Crippen LogP contribution in [0.2, 0.25) is 0 Å². The molecule has 3 aromatic rings. The van der Waals surface area contributed by atoms with Gasteiger partial charge in [0.05, 0.1) is 12.1 Å². The van der Waals surface area contributed by atoms with E-state index in [1.807, 2.05) is 41.2 Å². The molecule has 3 heterocycles. The van der Waals surface area contributed by atoms with Gasteiger partial charge < -0.3 is 4.90 Å². The van der Waals surface area contributed by atoms with Crippen LogP contribution in [0, 0.1) is 11.8 Å². The largest absolute Gasteiger partial charge is 0.338 e. The number of rotatable bonds is 4. The van der Waals surface area contributed by atoms with E-state index in [9.17, 15) is 4.79 Å². The molecule has 2 fully saturated rings. The maximum Gasteiger partial charge on any atom is 0.257 e. The number of fused-ring (bicyclic) bond motifs is 1. The molecule has 1 aliphatic heterocycles. The summed E-state index contributed by atoms with van der Waals surface area (Å²) >= 11 is 0. The zero-order chi connectivity index (χ0) is 20.3.